The zero-order valence-electron chi connectivity index (χ0n) is 19.3. The highest BCUT2D eigenvalue weighted by Crippen LogP contribution is 2.40. The van der Waals surface area contributed by atoms with Crippen LogP contribution in [-0.4, -0.2) is 61.0 Å². The van der Waals surface area contributed by atoms with E-state index in [-0.39, 0.29) is 6.04 Å². The lowest BCUT2D eigenvalue weighted by atomic mass is 9.90. The number of allylic oxidation sites excluding steroid dienone is 3. The van der Waals surface area contributed by atoms with Crippen molar-refractivity contribution in [3.8, 4) is 6.07 Å². The third-order valence-corrected chi connectivity index (χ3v) is 7.92. The van der Waals surface area contributed by atoms with Crippen molar-refractivity contribution in [2.24, 2.45) is 0 Å². The largest absolute Gasteiger partial charge is 0.370 e. The fraction of sp³-hybridized carbons (Fsp3) is 0.423. The average Bonchev–Trinajstić information content (AvgIpc) is 3.37. The van der Waals surface area contributed by atoms with Crippen LogP contribution >= 0.6 is 23.2 Å². The first-order valence-corrected chi connectivity index (χ1v) is 11.8. The molecule has 168 valence electrons. The summed E-state index contributed by atoms with van der Waals surface area (Å²) in [5.41, 5.74) is 7.27. The number of fused-ring (bicyclic) bond motifs is 1. The molecule has 0 amide bonds. The van der Waals surface area contributed by atoms with Crippen molar-refractivity contribution in [3.05, 3.63) is 74.5 Å². The quantitative estimate of drug-likeness (QED) is 0.570. The topological polar surface area (TPSA) is 33.5 Å². The van der Waals surface area contributed by atoms with Gasteiger partial charge in [-0.2, -0.15) is 5.26 Å². The number of likely N-dealkylation sites (tertiary alicyclic amines) is 1. The summed E-state index contributed by atoms with van der Waals surface area (Å²) < 4.78 is 0. The molecule has 1 fully saturated rings. The van der Waals surface area contributed by atoms with E-state index < -0.39 is 0 Å². The summed E-state index contributed by atoms with van der Waals surface area (Å²) in [5, 5.41) is 10.7. The molecule has 2 heterocycles. The molecular formula is C26H30Cl2N4. The van der Waals surface area contributed by atoms with Gasteiger partial charge in [-0.25, -0.2) is 0 Å². The van der Waals surface area contributed by atoms with Gasteiger partial charge >= 0.3 is 0 Å². The minimum Gasteiger partial charge on any atom is -0.370 e. The fourth-order valence-electron chi connectivity index (χ4n) is 5.02. The summed E-state index contributed by atoms with van der Waals surface area (Å²) in [7, 11) is 6.34. The fourth-order valence-corrected chi connectivity index (χ4v) is 5.63. The Morgan fingerprint density at radius 3 is 2.69 bits per heavy atom. The van der Waals surface area contributed by atoms with E-state index in [4.69, 9.17) is 23.2 Å². The molecule has 4 nitrogen and oxygen atoms in total. The number of hydrogen-bond donors (Lipinski definition) is 0. The molecule has 0 bridgehead atoms. The first-order chi connectivity index (χ1) is 15.2. The minimum absolute atomic E-state index is 0.202. The number of hydrogen-bond acceptors (Lipinski definition) is 4. The van der Waals surface area contributed by atoms with Gasteiger partial charge in [-0.3, -0.25) is 0 Å². The summed E-state index contributed by atoms with van der Waals surface area (Å²) in [6.07, 6.45) is 6.74. The van der Waals surface area contributed by atoms with Crippen molar-refractivity contribution in [3.63, 3.8) is 0 Å². The van der Waals surface area contributed by atoms with Crippen molar-refractivity contribution >= 4 is 28.9 Å². The van der Waals surface area contributed by atoms with Gasteiger partial charge in [0, 0.05) is 66.6 Å². The van der Waals surface area contributed by atoms with Crippen LogP contribution in [0.3, 0.4) is 0 Å². The van der Waals surface area contributed by atoms with Crippen molar-refractivity contribution in [1.29, 1.82) is 5.26 Å². The lowest BCUT2D eigenvalue weighted by molar-refractivity contribution is 0.299. The number of likely N-dealkylation sites (N-methyl/N-ethyl adjacent to an activating group) is 2. The first-order valence-electron chi connectivity index (χ1n) is 11.0. The monoisotopic (exact) mass is 468 g/mol. The van der Waals surface area contributed by atoms with Crippen LogP contribution in [0.25, 0.3) is 5.70 Å². The zero-order chi connectivity index (χ0) is 23.2. The third kappa shape index (κ3) is 4.10. The van der Waals surface area contributed by atoms with Crippen molar-refractivity contribution < 1.29 is 0 Å². The number of rotatable bonds is 5. The van der Waals surface area contributed by atoms with E-state index in [9.17, 15) is 5.26 Å². The maximum absolute atomic E-state index is 9.38. The Kier molecular flexibility index (Phi) is 6.45. The van der Waals surface area contributed by atoms with Crippen molar-refractivity contribution in [1.82, 2.24) is 14.7 Å². The van der Waals surface area contributed by atoms with Gasteiger partial charge in [0.2, 0.25) is 0 Å². The molecular weight excluding hydrogens is 439 g/mol. The predicted octanol–water partition coefficient (Wildman–Crippen LogP) is 5.51. The standard InChI is InChI=1S/C26H30Cl2N4/c1-16-10-18(14-29)11-25-22(16)12-20(31(25)5)13-23-24(27)7-6-21(26(23)28)17(2)32-9-8-19(15-32)30(3)4/h6-7,10,12,19,25H,2,8-9,11,13,15H2,1,3-5H3. The molecule has 0 N–H and O–H groups in total. The number of benzene rings is 1. The molecule has 1 aliphatic carbocycles. The summed E-state index contributed by atoms with van der Waals surface area (Å²) in [4.78, 5) is 6.86. The Morgan fingerprint density at radius 2 is 2.03 bits per heavy atom. The second kappa shape index (κ2) is 8.98. The van der Waals surface area contributed by atoms with E-state index in [1.807, 2.05) is 18.2 Å². The van der Waals surface area contributed by atoms with Gasteiger partial charge in [0.25, 0.3) is 0 Å². The van der Waals surface area contributed by atoms with Crippen molar-refractivity contribution in [2.75, 3.05) is 34.2 Å². The van der Waals surface area contributed by atoms with E-state index >= 15 is 0 Å². The average molecular weight is 469 g/mol. The zero-order valence-corrected chi connectivity index (χ0v) is 20.8. The summed E-state index contributed by atoms with van der Waals surface area (Å²) in [5.74, 6) is 0. The van der Waals surface area contributed by atoms with Crippen LogP contribution in [0, 0.1) is 11.3 Å². The van der Waals surface area contributed by atoms with E-state index in [0.29, 0.717) is 22.5 Å². The Bertz CT molecular complexity index is 1090. The van der Waals surface area contributed by atoms with Gasteiger partial charge in [-0.05, 0) is 68.4 Å². The van der Waals surface area contributed by atoms with Crippen LogP contribution in [0.2, 0.25) is 10.0 Å². The van der Waals surface area contributed by atoms with E-state index in [1.165, 1.54) is 5.57 Å². The normalized spacial score (nSPS) is 22.8. The van der Waals surface area contributed by atoms with Gasteiger partial charge in [-0.1, -0.05) is 29.8 Å². The molecule has 2 aliphatic heterocycles. The maximum atomic E-state index is 9.38. The van der Waals surface area contributed by atoms with Gasteiger partial charge in [0.1, 0.15) is 0 Å². The Hall–Kier alpha value is -2.19. The molecule has 0 radical (unpaired) electrons. The lowest BCUT2D eigenvalue weighted by Gasteiger charge is -2.29. The minimum atomic E-state index is 0.202. The molecule has 3 aliphatic rings. The Morgan fingerprint density at radius 1 is 1.28 bits per heavy atom. The van der Waals surface area contributed by atoms with Crippen LogP contribution in [0.5, 0.6) is 0 Å². The van der Waals surface area contributed by atoms with E-state index in [2.05, 4.69) is 61.5 Å². The van der Waals surface area contributed by atoms with Crippen LogP contribution in [0.4, 0.5) is 0 Å². The molecule has 0 aromatic heterocycles. The second-order valence-electron chi connectivity index (χ2n) is 9.25. The summed E-state index contributed by atoms with van der Waals surface area (Å²) >= 11 is 13.6. The third-order valence-electron chi connectivity index (χ3n) is 7.13. The number of nitriles is 1. The second-order valence-corrected chi connectivity index (χ2v) is 10.0. The Labute approximate surface area is 201 Å². The molecule has 0 saturated carbocycles. The van der Waals surface area contributed by atoms with E-state index in [0.717, 1.165) is 59.6 Å². The van der Waals surface area contributed by atoms with Gasteiger partial charge in [0.05, 0.1) is 17.1 Å². The molecule has 0 spiro atoms. The summed E-state index contributed by atoms with van der Waals surface area (Å²) in [6.45, 7) is 8.39. The number of nitrogens with zero attached hydrogens (tertiary/aromatic N) is 4. The SMILES string of the molecule is C=C(c1ccc(Cl)c(CC2=CC3=C(C)C=C(C#N)CC3N2C)c1Cl)N1CCC(N(C)C)C1. The van der Waals surface area contributed by atoms with Crippen molar-refractivity contribution in [2.45, 2.75) is 38.3 Å². The first kappa shape index (κ1) is 23.0. The lowest BCUT2D eigenvalue weighted by Crippen LogP contribution is -2.31. The van der Waals surface area contributed by atoms with Crippen LogP contribution in [0.1, 0.15) is 30.9 Å². The maximum Gasteiger partial charge on any atom is 0.0948 e. The number of halogens is 2. The highest BCUT2D eigenvalue weighted by atomic mass is 35.5. The molecule has 32 heavy (non-hydrogen) atoms. The Balaban J connectivity index is 1.60. The van der Waals surface area contributed by atoms with Crippen LogP contribution in [0.15, 0.2) is 53.3 Å². The van der Waals surface area contributed by atoms with E-state index in [1.54, 1.807) is 0 Å². The van der Waals surface area contributed by atoms with Gasteiger partial charge in [0.15, 0.2) is 0 Å². The molecule has 6 heteroatoms. The summed E-state index contributed by atoms with van der Waals surface area (Å²) in [6, 6.07) is 6.98. The smallest absolute Gasteiger partial charge is 0.0948 e. The van der Waals surface area contributed by atoms with Crippen LogP contribution < -0.4 is 0 Å². The van der Waals surface area contributed by atoms with Crippen LogP contribution in [-0.2, 0) is 6.42 Å². The molecule has 2 atom stereocenters. The molecule has 2 unspecified atom stereocenters. The van der Waals surface area contributed by atoms with Gasteiger partial charge in [-0.15, -0.1) is 0 Å². The predicted molar refractivity (Wildman–Crippen MR) is 134 cm³/mol. The van der Waals surface area contributed by atoms with Gasteiger partial charge < -0.3 is 14.7 Å². The molecule has 1 aromatic carbocycles. The molecule has 1 aromatic rings. The highest BCUT2D eigenvalue weighted by molar-refractivity contribution is 6.37. The highest BCUT2D eigenvalue weighted by Gasteiger charge is 2.32. The molecule has 4 rings (SSSR count). The molecule has 1 saturated heterocycles.